The van der Waals surface area contributed by atoms with E-state index in [1.54, 1.807) is 11.8 Å². The predicted molar refractivity (Wildman–Crippen MR) is 78.9 cm³/mol. The van der Waals surface area contributed by atoms with Gasteiger partial charge in [0.25, 0.3) is 0 Å². The molecule has 1 aromatic heterocycles. The lowest BCUT2D eigenvalue weighted by molar-refractivity contribution is 1.43. The molecule has 0 bridgehead atoms. The zero-order valence-electron chi connectivity index (χ0n) is 9.28. The number of rotatable bonds is 2. The maximum atomic E-state index is 6.12. The SMILES string of the molecule is Clc1ccc(Sc2cc(Cl)cc3[nH]ccc23)cc1. The van der Waals surface area contributed by atoms with Crippen LogP contribution in [0.4, 0.5) is 0 Å². The smallest absolute Gasteiger partial charge is 0.0480 e. The Labute approximate surface area is 119 Å². The second-order valence-electron chi connectivity index (χ2n) is 3.90. The molecule has 1 heterocycles. The van der Waals surface area contributed by atoms with Gasteiger partial charge in [-0.1, -0.05) is 35.0 Å². The molecule has 90 valence electrons. The second-order valence-corrected chi connectivity index (χ2v) is 5.89. The molecule has 0 amide bonds. The van der Waals surface area contributed by atoms with Crippen molar-refractivity contribution in [3.63, 3.8) is 0 Å². The van der Waals surface area contributed by atoms with Gasteiger partial charge in [-0.15, -0.1) is 0 Å². The van der Waals surface area contributed by atoms with Crippen LogP contribution in [0, 0.1) is 0 Å². The highest BCUT2D eigenvalue weighted by Crippen LogP contribution is 2.35. The Bertz CT molecular complexity index is 689. The number of fused-ring (bicyclic) bond motifs is 1. The van der Waals surface area contributed by atoms with Gasteiger partial charge in [0.1, 0.15) is 0 Å². The van der Waals surface area contributed by atoms with E-state index in [4.69, 9.17) is 23.2 Å². The minimum atomic E-state index is 0.737. The van der Waals surface area contributed by atoms with Crippen molar-refractivity contribution in [2.45, 2.75) is 9.79 Å². The Morgan fingerprint density at radius 2 is 1.67 bits per heavy atom. The Kier molecular flexibility index (Phi) is 3.25. The van der Waals surface area contributed by atoms with Crippen LogP contribution in [0.25, 0.3) is 10.9 Å². The summed E-state index contributed by atoms with van der Waals surface area (Å²) in [6.07, 6.45) is 1.92. The molecule has 2 aromatic carbocycles. The Hall–Kier alpha value is -1.09. The molecule has 0 fully saturated rings. The van der Waals surface area contributed by atoms with E-state index in [2.05, 4.69) is 11.1 Å². The second kappa shape index (κ2) is 4.88. The van der Waals surface area contributed by atoms with Crippen LogP contribution in [0.5, 0.6) is 0 Å². The van der Waals surface area contributed by atoms with Crippen LogP contribution in [-0.2, 0) is 0 Å². The summed E-state index contributed by atoms with van der Waals surface area (Å²) in [6, 6.07) is 13.8. The van der Waals surface area contributed by atoms with Crippen molar-refractivity contribution in [2.24, 2.45) is 0 Å². The van der Waals surface area contributed by atoms with Gasteiger partial charge in [-0.05, 0) is 42.5 Å². The minimum Gasteiger partial charge on any atom is -0.361 e. The fraction of sp³-hybridized carbons (Fsp3) is 0. The van der Waals surface area contributed by atoms with Crippen LogP contribution in [0.1, 0.15) is 0 Å². The van der Waals surface area contributed by atoms with Gasteiger partial charge in [0.15, 0.2) is 0 Å². The van der Waals surface area contributed by atoms with Gasteiger partial charge in [0.05, 0.1) is 0 Å². The van der Waals surface area contributed by atoms with Crippen molar-refractivity contribution >= 4 is 45.9 Å². The lowest BCUT2D eigenvalue weighted by Gasteiger charge is -2.04. The molecular formula is C14H9Cl2NS. The summed E-state index contributed by atoms with van der Waals surface area (Å²) in [5.74, 6) is 0. The first-order valence-electron chi connectivity index (χ1n) is 5.42. The van der Waals surface area contributed by atoms with Crippen LogP contribution in [0.3, 0.4) is 0 Å². The van der Waals surface area contributed by atoms with Crippen LogP contribution < -0.4 is 0 Å². The van der Waals surface area contributed by atoms with Crippen molar-refractivity contribution in [1.82, 2.24) is 4.98 Å². The first-order chi connectivity index (χ1) is 8.72. The van der Waals surface area contributed by atoms with Gasteiger partial charge < -0.3 is 4.98 Å². The highest BCUT2D eigenvalue weighted by atomic mass is 35.5. The van der Waals surface area contributed by atoms with Gasteiger partial charge >= 0.3 is 0 Å². The van der Waals surface area contributed by atoms with E-state index in [1.807, 2.05) is 42.6 Å². The van der Waals surface area contributed by atoms with E-state index in [1.165, 1.54) is 5.39 Å². The zero-order chi connectivity index (χ0) is 12.5. The van der Waals surface area contributed by atoms with Gasteiger partial charge in [0, 0.05) is 36.9 Å². The van der Waals surface area contributed by atoms with Gasteiger partial charge in [-0.2, -0.15) is 0 Å². The number of aromatic amines is 1. The molecule has 0 aliphatic heterocycles. The lowest BCUT2D eigenvalue weighted by Crippen LogP contribution is -1.77. The Morgan fingerprint density at radius 1 is 0.889 bits per heavy atom. The molecule has 4 heteroatoms. The number of H-pyrrole nitrogens is 1. The standard InChI is InChI=1S/C14H9Cl2NS/c15-9-1-3-11(4-2-9)18-14-8-10(16)7-13-12(14)5-6-17-13/h1-8,17H. The zero-order valence-corrected chi connectivity index (χ0v) is 11.6. The van der Waals surface area contributed by atoms with Gasteiger partial charge in [-0.3, -0.25) is 0 Å². The first kappa shape index (κ1) is 12.0. The quantitative estimate of drug-likeness (QED) is 0.648. The molecule has 0 atom stereocenters. The van der Waals surface area contributed by atoms with Crippen LogP contribution in [0.15, 0.2) is 58.5 Å². The normalized spacial score (nSPS) is 11.0. The third-order valence-electron chi connectivity index (χ3n) is 2.64. The van der Waals surface area contributed by atoms with Gasteiger partial charge in [-0.25, -0.2) is 0 Å². The summed E-state index contributed by atoms with van der Waals surface area (Å²) in [5.41, 5.74) is 1.05. The summed E-state index contributed by atoms with van der Waals surface area (Å²) in [4.78, 5) is 5.46. The van der Waals surface area contributed by atoms with E-state index in [9.17, 15) is 0 Å². The molecule has 0 unspecified atom stereocenters. The molecule has 3 rings (SSSR count). The fourth-order valence-corrected chi connectivity index (χ4v) is 3.22. The summed E-state index contributed by atoms with van der Waals surface area (Å²) in [7, 11) is 0. The van der Waals surface area contributed by atoms with Gasteiger partial charge in [0.2, 0.25) is 0 Å². The molecule has 0 saturated carbocycles. The van der Waals surface area contributed by atoms with E-state index in [0.717, 1.165) is 25.4 Å². The van der Waals surface area contributed by atoms with Crippen molar-refractivity contribution in [3.8, 4) is 0 Å². The van der Waals surface area contributed by atoms with E-state index in [-0.39, 0.29) is 0 Å². The topological polar surface area (TPSA) is 15.8 Å². The summed E-state index contributed by atoms with van der Waals surface area (Å²) in [6.45, 7) is 0. The van der Waals surface area contributed by atoms with Crippen molar-refractivity contribution in [1.29, 1.82) is 0 Å². The molecule has 0 aliphatic rings. The minimum absolute atomic E-state index is 0.737. The number of nitrogens with one attached hydrogen (secondary N) is 1. The average molecular weight is 294 g/mol. The molecule has 0 radical (unpaired) electrons. The predicted octanol–water partition coefficient (Wildman–Crippen LogP) is 5.63. The molecule has 18 heavy (non-hydrogen) atoms. The molecule has 1 N–H and O–H groups in total. The maximum Gasteiger partial charge on any atom is 0.0480 e. The number of aromatic nitrogens is 1. The molecule has 0 saturated heterocycles. The maximum absolute atomic E-state index is 6.12. The highest BCUT2D eigenvalue weighted by molar-refractivity contribution is 7.99. The third kappa shape index (κ3) is 2.37. The number of hydrogen-bond donors (Lipinski definition) is 1. The third-order valence-corrected chi connectivity index (χ3v) is 4.17. The summed E-state index contributed by atoms with van der Waals surface area (Å²) >= 11 is 13.7. The lowest BCUT2D eigenvalue weighted by atomic mass is 10.2. The number of hydrogen-bond acceptors (Lipinski definition) is 1. The van der Waals surface area contributed by atoms with E-state index < -0.39 is 0 Å². The largest absolute Gasteiger partial charge is 0.361 e. The van der Waals surface area contributed by atoms with Crippen LogP contribution in [0.2, 0.25) is 10.0 Å². The molecule has 0 spiro atoms. The number of benzene rings is 2. The highest BCUT2D eigenvalue weighted by Gasteiger charge is 2.06. The first-order valence-corrected chi connectivity index (χ1v) is 7.00. The molecule has 3 aromatic rings. The van der Waals surface area contributed by atoms with Crippen molar-refractivity contribution in [2.75, 3.05) is 0 Å². The van der Waals surface area contributed by atoms with Crippen molar-refractivity contribution < 1.29 is 0 Å². The van der Waals surface area contributed by atoms with Crippen LogP contribution in [-0.4, -0.2) is 4.98 Å². The fourth-order valence-electron chi connectivity index (χ4n) is 1.81. The van der Waals surface area contributed by atoms with Crippen molar-refractivity contribution in [3.05, 3.63) is 58.7 Å². The van der Waals surface area contributed by atoms with E-state index in [0.29, 0.717) is 0 Å². The van der Waals surface area contributed by atoms with Crippen LogP contribution >= 0.6 is 35.0 Å². The number of halogens is 2. The monoisotopic (exact) mass is 293 g/mol. The Balaban J connectivity index is 2.03. The summed E-state index contributed by atoms with van der Waals surface area (Å²) < 4.78 is 0. The molecular weight excluding hydrogens is 285 g/mol. The Morgan fingerprint density at radius 3 is 2.44 bits per heavy atom. The average Bonchev–Trinajstić information content (AvgIpc) is 2.80. The molecule has 0 aliphatic carbocycles. The summed E-state index contributed by atoms with van der Waals surface area (Å²) in [5, 5.41) is 2.66. The molecule has 1 nitrogen and oxygen atoms in total. The van der Waals surface area contributed by atoms with E-state index >= 15 is 0 Å².